The number of aliphatic hydroxyl groups excluding tert-OH is 5. The van der Waals surface area contributed by atoms with Crippen molar-refractivity contribution in [2.45, 2.75) is 282 Å². The molecule has 1 aliphatic rings. The van der Waals surface area contributed by atoms with Gasteiger partial charge in [-0.3, -0.25) is 9.59 Å². The highest BCUT2D eigenvalue weighted by Gasteiger charge is 2.47. The van der Waals surface area contributed by atoms with Gasteiger partial charge in [-0.05, 0) is 77.0 Å². The van der Waals surface area contributed by atoms with Crippen LogP contribution < -0.4 is 5.32 Å². The summed E-state index contributed by atoms with van der Waals surface area (Å²) in [5, 5.41) is 56.8. The van der Waals surface area contributed by atoms with Crippen LogP contribution in [0.15, 0.2) is 85.1 Å². The Kier molecular flexibility index (Phi) is 46.2. The number of nitrogens with one attached hydrogen (secondary N) is 1. The zero-order chi connectivity index (χ0) is 53.3. The van der Waals surface area contributed by atoms with Gasteiger partial charge in [0.15, 0.2) is 12.4 Å². The minimum Gasteiger partial charge on any atom is -0.454 e. The summed E-state index contributed by atoms with van der Waals surface area (Å²) in [6, 6.07) is -1.05. The van der Waals surface area contributed by atoms with Gasteiger partial charge in [0, 0.05) is 6.42 Å². The summed E-state index contributed by atoms with van der Waals surface area (Å²) >= 11 is 0. The molecule has 8 atom stereocenters. The molecule has 8 unspecified atom stereocenters. The van der Waals surface area contributed by atoms with Crippen molar-refractivity contribution < 1.29 is 49.3 Å². The van der Waals surface area contributed by atoms with Crippen molar-refractivity contribution >= 4 is 11.9 Å². The minimum atomic E-state index is -1.62. The van der Waals surface area contributed by atoms with Gasteiger partial charge >= 0.3 is 5.97 Å². The summed E-state index contributed by atoms with van der Waals surface area (Å²) in [7, 11) is 0. The van der Waals surface area contributed by atoms with Gasteiger partial charge in [0.25, 0.3) is 0 Å². The second-order valence-electron chi connectivity index (χ2n) is 20.0. The van der Waals surface area contributed by atoms with Gasteiger partial charge in [0.05, 0.1) is 25.4 Å². The number of rotatable bonds is 48. The lowest BCUT2D eigenvalue weighted by atomic mass is 9.99. The van der Waals surface area contributed by atoms with Crippen molar-refractivity contribution in [1.82, 2.24) is 5.32 Å². The molecule has 0 spiro atoms. The Morgan fingerprint density at radius 1 is 0.548 bits per heavy atom. The molecule has 11 nitrogen and oxygen atoms in total. The van der Waals surface area contributed by atoms with E-state index in [1.54, 1.807) is 6.08 Å². The van der Waals surface area contributed by atoms with E-state index < -0.39 is 67.4 Å². The van der Waals surface area contributed by atoms with E-state index in [-0.39, 0.29) is 19.4 Å². The predicted molar refractivity (Wildman–Crippen MR) is 301 cm³/mol. The second kappa shape index (κ2) is 49.7. The fraction of sp³-hybridized carbons (Fsp3) is 0.742. The Morgan fingerprint density at radius 3 is 1.47 bits per heavy atom. The summed E-state index contributed by atoms with van der Waals surface area (Å²) in [5.74, 6) is -1.24. The van der Waals surface area contributed by atoms with Crippen molar-refractivity contribution in [2.24, 2.45) is 0 Å². The fourth-order valence-electron chi connectivity index (χ4n) is 8.66. The third-order valence-corrected chi connectivity index (χ3v) is 13.3. The van der Waals surface area contributed by atoms with Crippen LogP contribution in [0.4, 0.5) is 0 Å². The van der Waals surface area contributed by atoms with Crippen LogP contribution >= 0.6 is 0 Å². The van der Waals surface area contributed by atoms with Crippen LogP contribution in [-0.2, 0) is 23.8 Å². The van der Waals surface area contributed by atoms with E-state index >= 15 is 0 Å². The van der Waals surface area contributed by atoms with Crippen molar-refractivity contribution in [1.29, 1.82) is 0 Å². The van der Waals surface area contributed by atoms with Crippen molar-refractivity contribution in [3.8, 4) is 0 Å². The average Bonchev–Trinajstić information content (AvgIpc) is 3.39. The minimum absolute atomic E-state index is 0.117. The SMILES string of the molecule is CC/C=C\C/C=C\C/C=C\C/C=C\C/C=C\C/C=C\CCCC(O)C(=O)NC(COC1OC(CO)C(O)C(O)C1OC(=O)CCCCCCCCCCCCC)C(O)/C=C/CCCCCCCCCCCCC. The Morgan fingerprint density at radius 2 is 0.986 bits per heavy atom. The zero-order valence-electron chi connectivity index (χ0n) is 46.2. The number of allylic oxidation sites excluding steroid dienone is 13. The molecule has 0 aromatic carbocycles. The van der Waals surface area contributed by atoms with E-state index in [1.165, 1.54) is 96.3 Å². The second-order valence-corrected chi connectivity index (χ2v) is 20.0. The normalized spacial score (nSPS) is 20.0. The molecule has 0 aliphatic carbocycles. The fourth-order valence-corrected chi connectivity index (χ4v) is 8.66. The lowest BCUT2D eigenvalue weighted by Crippen LogP contribution is -2.61. The molecule has 420 valence electrons. The van der Waals surface area contributed by atoms with Crippen molar-refractivity contribution in [3.05, 3.63) is 85.1 Å². The van der Waals surface area contributed by atoms with Crippen LogP contribution in [0.5, 0.6) is 0 Å². The maximum atomic E-state index is 13.4. The average molecular weight is 1030 g/mol. The van der Waals surface area contributed by atoms with E-state index in [4.69, 9.17) is 14.2 Å². The summed E-state index contributed by atoms with van der Waals surface area (Å²) in [6.07, 6.45) is 53.4. The molecule has 1 amide bonds. The van der Waals surface area contributed by atoms with Gasteiger partial charge in [-0.1, -0.05) is 234 Å². The van der Waals surface area contributed by atoms with Crippen LogP contribution in [0.1, 0.15) is 233 Å². The molecule has 11 heteroatoms. The van der Waals surface area contributed by atoms with Gasteiger partial charge in [-0.25, -0.2) is 0 Å². The molecule has 1 rings (SSSR count). The van der Waals surface area contributed by atoms with E-state index in [9.17, 15) is 35.1 Å². The Bertz CT molecular complexity index is 1510. The third-order valence-electron chi connectivity index (χ3n) is 13.3. The Labute approximate surface area is 444 Å². The number of unbranched alkanes of at least 4 members (excludes halogenated alkanes) is 22. The Balaban J connectivity index is 2.76. The van der Waals surface area contributed by atoms with Crippen LogP contribution in [0.2, 0.25) is 0 Å². The van der Waals surface area contributed by atoms with Crippen LogP contribution in [-0.4, -0.2) is 99.6 Å². The van der Waals surface area contributed by atoms with E-state index in [0.717, 1.165) is 83.5 Å². The number of aliphatic hydroxyl groups is 5. The highest BCUT2D eigenvalue weighted by atomic mass is 16.7. The first-order chi connectivity index (χ1) is 35.7. The first kappa shape index (κ1) is 67.9. The molecule has 73 heavy (non-hydrogen) atoms. The number of carbonyl (C=O) groups excluding carboxylic acids is 2. The van der Waals surface area contributed by atoms with Gasteiger partial charge in [0.1, 0.15) is 24.4 Å². The molecule has 1 saturated heterocycles. The number of ether oxygens (including phenoxy) is 3. The highest BCUT2D eigenvalue weighted by molar-refractivity contribution is 5.80. The van der Waals surface area contributed by atoms with Crippen molar-refractivity contribution in [2.75, 3.05) is 13.2 Å². The molecule has 0 saturated carbocycles. The summed E-state index contributed by atoms with van der Waals surface area (Å²) < 4.78 is 17.5. The van der Waals surface area contributed by atoms with E-state index in [2.05, 4.69) is 92.9 Å². The first-order valence-electron chi connectivity index (χ1n) is 29.4. The molecule has 1 aliphatic heterocycles. The largest absolute Gasteiger partial charge is 0.454 e. The van der Waals surface area contributed by atoms with Gasteiger partial charge in [-0.2, -0.15) is 0 Å². The summed E-state index contributed by atoms with van der Waals surface area (Å²) in [6.45, 7) is 5.62. The molecule has 0 aromatic rings. The Hall–Kier alpha value is -3.16. The van der Waals surface area contributed by atoms with Gasteiger partial charge in [0.2, 0.25) is 5.91 Å². The van der Waals surface area contributed by atoms with Crippen LogP contribution in [0, 0.1) is 0 Å². The molecular weight excluding hydrogens is 919 g/mol. The standard InChI is InChI=1S/C62H107NO10/c1-4-7-10-13-16-19-22-24-25-26-27-28-29-30-32-35-37-40-43-46-49-55(66)61(70)63-53(54(65)48-45-42-39-36-34-31-23-20-17-14-11-8-5-2)52-71-62-60(59(69)58(68)56(51-64)72-62)73-57(67)50-47-44-41-38-33-21-18-15-12-9-6-3/h7,10,16,19,24-25,27-28,30,32,37,40,45,48,53-56,58-60,62,64-66,68-69H,4-6,8-9,11-15,17-18,20-23,26,29,31,33-36,38-39,41-44,46-47,49-52H2,1-3H3,(H,63,70)/b10-7-,19-16-,25-24-,28-27-,32-30-,40-37-,48-45+. The number of carbonyl (C=O) groups is 2. The number of amides is 1. The van der Waals surface area contributed by atoms with Gasteiger partial charge in [-0.15, -0.1) is 0 Å². The molecule has 1 fully saturated rings. The smallest absolute Gasteiger partial charge is 0.306 e. The molecule has 0 aromatic heterocycles. The highest BCUT2D eigenvalue weighted by Crippen LogP contribution is 2.26. The molecule has 0 radical (unpaired) electrons. The third kappa shape index (κ3) is 38.1. The zero-order valence-corrected chi connectivity index (χ0v) is 46.2. The van der Waals surface area contributed by atoms with Crippen molar-refractivity contribution in [3.63, 3.8) is 0 Å². The monoisotopic (exact) mass is 1030 g/mol. The van der Waals surface area contributed by atoms with Crippen LogP contribution in [0.3, 0.4) is 0 Å². The first-order valence-corrected chi connectivity index (χ1v) is 29.4. The topological polar surface area (TPSA) is 175 Å². The lowest BCUT2D eigenvalue weighted by Gasteiger charge is -2.41. The van der Waals surface area contributed by atoms with E-state index in [1.807, 2.05) is 12.2 Å². The number of hydrogen-bond acceptors (Lipinski definition) is 10. The van der Waals surface area contributed by atoms with Gasteiger partial charge < -0.3 is 45.1 Å². The maximum Gasteiger partial charge on any atom is 0.306 e. The lowest BCUT2D eigenvalue weighted by molar-refractivity contribution is -0.305. The van der Waals surface area contributed by atoms with Crippen LogP contribution in [0.25, 0.3) is 0 Å². The molecule has 6 N–H and O–H groups in total. The molecule has 1 heterocycles. The summed E-state index contributed by atoms with van der Waals surface area (Å²) in [5.41, 5.74) is 0. The predicted octanol–water partition coefficient (Wildman–Crippen LogP) is 13.4. The quantitative estimate of drug-likeness (QED) is 0.0195. The number of esters is 1. The number of hydrogen-bond donors (Lipinski definition) is 6. The van der Waals surface area contributed by atoms with E-state index in [0.29, 0.717) is 19.3 Å². The molecule has 0 bridgehead atoms. The molecular formula is C62H107NO10. The maximum absolute atomic E-state index is 13.4. The summed E-state index contributed by atoms with van der Waals surface area (Å²) in [4.78, 5) is 26.4.